The lowest BCUT2D eigenvalue weighted by Crippen LogP contribution is -2.47. The largest absolute Gasteiger partial charge is 0.493 e. The van der Waals surface area contributed by atoms with Crippen molar-refractivity contribution in [3.8, 4) is 11.5 Å². The molecule has 1 fully saturated rings. The first-order valence-electron chi connectivity index (χ1n) is 10.1. The number of nitrogens with zero attached hydrogens (tertiary/aromatic N) is 1. The first kappa shape index (κ1) is 21.9. The number of benzene rings is 1. The highest BCUT2D eigenvalue weighted by Crippen LogP contribution is 2.47. The zero-order valence-electron chi connectivity index (χ0n) is 18.0. The third kappa shape index (κ3) is 5.02. The minimum atomic E-state index is -0.900. The number of piperidine rings is 1. The Labute approximate surface area is 177 Å². The summed E-state index contributed by atoms with van der Waals surface area (Å²) in [5.74, 6) is 1.39. The van der Waals surface area contributed by atoms with Crippen molar-refractivity contribution in [1.29, 1.82) is 0 Å². The first-order chi connectivity index (χ1) is 13.0. The first-order valence-corrected chi connectivity index (χ1v) is 10.9. The Kier molecular flexibility index (Phi) is 6.35. The second-order valence-corrected chi connectivity index (χ2v) is 10.4. The van der Waals surface area contributed by atoms with Crippen molar-refractivity contribution in [2.45, 2.75) is 77.2 Å². The van der Waals surface area contributed by atoms with Gasteiger partial charge in [0.25, 0.3) is 0 Å². The van der Waals surface area contributed by atoms with Crippen molar-refractivity contribution in [2.75, 3.05) is 26.8 Å². The van der Waals surface area contributed by atoms with Crippen LogP contribution in [0.2, 0.25) is 0 Å². The second kappa shape index (κ2) is 8.13. The molecule has 2 aliphatic heterocycles. The maximum atomic E-state index is 10.0. The fraction of sp³-hybridized carbons (Fsp3) is 0.727. The molecule has 1 aromatic rings. The number of hydrogen-bond acceptors (Lipinski definition) is 5. The van der Waals surface area contributed by atoms with Crippen molar-refractivity contribution in [3.63, 3.8) is 0 Å². The van der Waals surface area contributed by atoms with Gasteiger partial charge in [-0.05, 0) is 87.0 Å². The zero-order valence-corrected chi connectivity index (χ0v) is 19.6. The lowest BCUT2D eigenvalue weighted by molar-refractivity contribution is -0.0971. The molecule has 1 saturated heterocycles. The highest BCUT2D eigenvalue weighted by molar-refractivity contribution is 9.10. The predicted octanol–water partition coefficient (Wildman–Crippen LogP) is 4.48. The number of rotatable bonds is 5. The van der Waals surface area contributed by atoms with Crippen LogP contribution in [0.25, 0.3) is 0 Å². The van der Waals surface area contributed by atoms with Crippen molar-refractivity contribution >= 4 is 15.9 Å². The lowest BCUT2D eigenvalue weighted by Gasteiger charge is -2.45. The van der Waals surface area contributed by atoms with Crippen LogP contribution >= 0.6 is 15.9 Å². The molecule has 0 amide bonds. The Morgan fingerprint density at radius 1 is 1.21 bits per heavy atom. The molecule has 3 rings (SSSR count). The van der Waals surface area contributed by atoms with E-state index in [0.717, 1.165) is 36.8 Å². The van der Waals surface area contributed by atoms with Crippen LogP contribution in [-0.2, 0) is 11.2 Å². The molecule has 0 aliphatic carbocycles. The van der Waals surface area contributed by atoms with Crippen LogP contribution in [0.5, 0.6) is 11.5 Å². The van der Waals surface area contributed by atoms with E-state index in [1.54, 1.807) is 21.0 Å². The number of methoxy groups -OCH3 is 1. The van der Waals surface area contributed by atoms with E-state index < -0.39 is 5.60 Å². The van der Waals surface area contributed by atoms with Gasteiger partial charge in [0.15, 0.2) is 11.5 Å². The third-order valence-electron chi connectivity index (χ3n) is 5.28. The average Bonchev–Trinajstić information content (AvgIpc) is 2.57. The number of aliphatic hydroxyl groups is 1. The van der Waals surface area contributed by atoms with E-state index in [4.69, 9.17) is 14.2 Å². The monoisotopic (exact) mass is 455 g/mol. The van der Waals surface area contributed by atoms with Crippen molar-refractivity contribution in [3.05, 3.63) is 21.7 Å². The van der Waals surface area contributed by atoms with Crippen LogP contribution in [0.4, 0.5) is 0 Å². The maximum Gasteiger partial charge on any atom is 0.175 e. The van der Waals surface area contributed by atoms with E-state index in [-0.39, 0.29) is 18.3 Å². The Morgan fingerprint density at radius 3 is 2.54 bits per heavy atom. The molecule has 2 aliphatic rings. The summed E-state index contributed by atoms with van der Waals surface area (Å²) < 4.78 is 18.8. The zero-order chi connectivity index (χ0) is 20.7. The van der Waals surface area contributed by atoms with Crippen LogP contribution in [0.3, 0.4) is 0 Å². The molecule has 2 atom stereocenters. The molecular formula is C22H34BrNO4. The highest BCUT2D eigenvalue weighted by Gasteiger charge is 2.37. The van der Waals surface area contributed by atoms with E-state index in [0.29, 0.717) is 17.5 Å². The van der Waals surface area contributed by atoms with Gasteiger partial charge in [-0.1, -0.05) is 0 Å². The SMILES string of the molecule is COc1cc2c(c(Br)c1OCC(C)(C)O)CCN1CC(OC(C)(C)C)CCC21. The third-order valence-corrected chi connectivity index (χ3v) is 6.12. The average molecular weight is 456 g/mol. The maximum absolute atomic E-state index is 10.0. The Balaban J connectivity index is 1.84. The molecular weight excluding hydrogens is 422 g/mol. The van der Waals surface area contributed by atoms with Gasteiger partial charge in [0.05, 0.1) is 28.9 Å². The molecule has 0 spiro atoms. The molecule has 2 unspecified atom stereocenters. The van der Waals surface area contributed by atoms with E-state index in [1.165, 1.54) is 11.1 Å². The molecule has 5 nitrogen and oxygen atoms in total. The molecule has 0 radical (unpaired) electrons. The Bertz CT molecular complexity index is 708. The summed E-state index contributed by atoms with van der Waals surface area (Å²) in [7, 11) is 1.67. The van der Waals surface area contributed by atoms with Crippen LogP contribution in [0.1, 0.15) is 64.6 Å². The van der Waals surface area contributed by atoms with Gasteiger partial charge in [0.2, 0.25) is 0 Å². The molecule has 0 bridgehead atoms. The van der Waals surface area contributed by atoms with Crippen molar-refractivity contribution in [2.24, 2.45) is 0 Å². The van der Waals surface area contributed by atoms with Gasteiger partial charge in [-0.15, -0.1) is 0 Å². The van der Waals surface area contributed by atoms with Crippen LogP contribution in [0.15, 0.2) is 10.5 Å². The fourth-order valence-corrected chi connectivity index (χ4v) is 4.95. The van der Waals surface area contributed by atoms with Gasteiger partial charge >= 0.3 is 0 Å². The predicted molar refractivity (Wildman–Crippen MR) is 114 cm³/mol. The molecule has 2 heterocycles. The summed E-state index contributed by atoms with van der Waals surface area (Å²) in [5, 5.41) is 10.0. The normalized spacial score (nSPS) is 23.1. The Morgan fingerprint density at radius 2 is 1.93 bits per heavy atom. The van der Waals surface area contributed by atoms with Gasteiger partial charge < -0.3 is 19.3 Å². The highest BCUT2D eigenvalue weighted by atomic mass is 79.9. The standard InChI is InChI=1S/C22H34BrNO4/c1-21(2,3)28-14-7-8-17-16-11-18(26-6)20(27-13-22(4,5)25)19(23)15(16)9-10-24(17)12-14/h11,14,17,25H,7-10,12-13H2,1-6H3. The van der Waals surface area contributed by atoms with Crippen LogP contribution in [-0.4, -0.2) is 54.1 Å². The number of halogens is 1. The topological polar surface area (TPSA) is 51.2 Å². The summed E-state index contributed by atoms with van der Waals surface area (Å²) in [4.78, 5) is 2.55. The summed E-state index contributed by atoms with van der Waals surface area (Å²) in [6.07, 6.45) is 3.39. The van der Waals surface area contributed by atoms with Crippen LogP contribution < -0.4 is 9.47 Å². The van der Waals surface area contributed by atoms with E-state index in [1.807, 2.05) is 0 Å². The number of fused-ring (bicyclic) bond motifs is 3. The van der Waals surface area contributed by atoms with Gasteiger partial charge in [-0.25, -0.2) is 0 Å². The number of ether oxygens (including phenoxy) is 3. The fourth-order valence-electron chi connectivity index (χ4n) is 4.21. The minimum Gasteiger partial charge on any atom is -0.493 e. The molecule has 0 aromatic heterocycles. The molecule has 0 saturated carbocycles. The second-order valence-electron chi connectivity index (χ2n) is 9.58. The quantitative estimate of drug-likeness (QED) is 0.708. The number of hydrogen-bond donors (Lipinski definition) is 1. The summed E-state index contributed by atoms with van der Waals surface area (Å²) in [6.45, 7) is 12.0. The van der Waals surface area contributed by atoms with Crippen LogP contribution in [0, 0.1) is 0 Å². The summed E-state index contributed by atoms with van der Waals surface area (Å²) in [6, 6.07) is 2.51. The van der Waals surface area contributed by atoms with Gasteiger partial charge in [0.1, 0.15) is 6.61 Å². The minimum absolute atomic E-state index is 0.107. The smallest absolute Gasteiger partial charge is 0.175 e. The lowest BCUT2D eigenvalue weighted by atomic mass is 9.85. The summed E-state index contributed by atoms with van der Waals surface area (Å²) >= 11 is 3.76. The Hall–Kier alpha value is -0.820. The van der Waals surface area contributed by atoms with Crippen molar-refractivity contribution in [1.82, 2.24) is 4.90 Å². The molecule has 1 N–H and O–H groups in total. The molecule has 6 heteroatoms. The van der Waals surface area contributed by atoms with Gasteiger partial charge in [0, 0.05) is 19.1 Å². The van der Waals surface area contributed by atoms with E-state index >= 15 is 0 Å². The molecule has 1 aromatic carbocycles. The van der Waals surface area contributed by atoms with Gasteiger partial charge in [-0.3, -0.25) is 4.90 Å². The van der Waals surface area contributed by atoms with Crippen molar-refractivity contribution < 1.29 is 19.3 Å². The van der Waals surface area contributed by atoms with E-state index in [2.05, 4.69) is 47.7 Å². The molecule has 28 heavy (non-hydrogen) atoms. The van der Waals surface area contributed by atoms with Gasteiger partial charge in [-0.2, -0.15) is 0 Å². The summed E-state index contributed by atoms with van der Waals surface area (Å²) in [5.41, 5.74) is 1.61. The molecule has 158 valence electrons. The van der Waals surface area contributed by atoms with E-state index in [9.17, 15) is 5.11 Å².